The molecule has 0 aliphatic carbocycles. The number of hydrogen-bond donors (Lipinski definition) is 1. The molecule has 0 spiro atoms. The highest BCUT2D eigenvalue weighted by Crippen LogP contribution is 2.35. The Bertz CT molecular complexity index is 1190. The largest absolute Gasteiger partial charge is 0.497 e. The lowest BCUT2D eigenvalue weighted by molar-refractivity contribution is 0.102. The molecule has 1 amide bonds. The van der Waals surface area contributed by atoms with Crippen molar-refractivity contribution in [3.8, 4) is 11.5 Å². The summed E-state index contributed by atoms with van der Waals surface area (Å²) in [5, 5.41) is 2.65. The third-order valence-electron chi connectivity index (χ3n) is 4.64. The second kappa shape index (κ2) is 7.71. The van der Waals surface area contributed by atoms with Gasteiger partial charge in [0.25, 0.3) is 15.9 Å². The van der Waals surface area contributed by atoms with Gasteiger partial charge < -0.3 is 19.2 Å². The SMILES string of the molecule is COc1ccc(N2CCOc3ccc(NC(=O)c4ncoc4C)cc3S2(=O)=O)cc1. The number of oxazole rings is 1. The fraction of sp³-hybridized carbons (Fsp3) is 0.200. The summed E-state index contributed by atoms with van der Waals surface area (Å²) in [4.78, 5) is 16.2. The van der Waals surface area contributed by atoms with Crippen molar-refractivity contribution in [1.29, 1.82) is 0 Å². The van der Waals surface area contributed by atoms with Crippen LogP contribution >= 0.6 is 0 Å². The van der Waals surface area contributed by atoms with Crippen LogP contribution in [-0.2, 0) is 10.0 Å². The molecule has 2 aromatic carbocycles. The van der Waals surface area contributed by atoms with Crippen LogP contribution in [0.2, 0.25) is 0 Å². The Labute approximate surface area is 173 Å². The van der Waals surface area contributed by atoms with Gasteiger partial charge >= 0.3 is 0 Å². The molecule has 0 unspecified atom stereocenters. The molecular formula is C20H19N3O6S. The normalized spacial score (nSPS) is 14.9. The Balaban J connectivity index is 1.68. The van der Waals surface area contributed by atoms with Crippen LogP contribution in [0.25, 0.3) is 0 Å². The number of methoxy groups -OCH3 is 1. The predicted octanol–water partition coefficient (Wildman–Crippen LogP) is 2.83. The van der Waals surface area contributed by atoms with Gasteiger partial charge in [-0.1, -0.05) is 0 Å². The lowest BCUT2D eigenvalue weighted by Gasteiger charge is -2.22. The zero-order valence-corrected chi connectivity index (χ0v) is 17.1. The van der Waals surface area contributed by atoms with E-state index in [0.717, 1.165) is 0 Å². The number of benzene rings is 2. The molecule has 1 N–H and O–H groups in total. The Kier molecular flexibility index (Phi) is 5.08. The molecule has 4 rings (SSSR count). The molecular weight excluding hydrogens is 410 g/mol. The summed E-state index contributed by atoms with van der Waals surface area (Å²) in [6, 6.07) is 11.2. The van der Waals surface area contributed by atoms with Crippen molar-refractivity contribution in [2.24, 2.45) is 0 Å². The summed E-state index contributed by atoms with van der Waals surface area (Å²) in [5.74, 6) is 0.710. The average molecular weight is 429 g/mol. The van der Waals surface area contributed by atoms with E-state index in [9.17, 15) is 13.2 Å². The maximum atomic E-state index is 13.4. The number of carbonyl (C=O) groups is 1. The smallest absolute Gasteiger partial charge is 0.277 e. The number of aryl methyl sites for hydroxylation is 1. The lowest BCUT2D eigenvalue weighted by atomic mass is 10.2. The molecule has 3 aromatic rings. The van der Waals surface area contributed by atoms with Gasteiger partial charge in [0.15, 0.2) is 12.1 Å². The molecule has 0 radical (unpaired) electrons. The van der Waals surface area contributed by atoms with Gasteiger partial charge in [-0.25, -0.2) is 13.4 Å². The zero-order chi connectivity index (χ0) is 21.3. The molecule has 2 heterocycles. The van der Waals surface area contributed by atoms with Crippen LogP contribution < -0.4 is 19.1 Å². The monoisotopic (exact) mass is 429 g/mol. The van der Waals surface area contributed by atoms with E-state index in [4.69, 9.17) is 13.9 Å². The minimum atomic E-state index is -3.93. The van der Waals surface area contributed by atoms with Crippen molar-refractivity contribution in [2.45, 2.75) is 11.8 Å². The number of sulfonamides is 1. The van der Waals surface area contributed by atoms with Crippen LogP contribution in [-0.4, -0.2) is 39.6 Å². The molecule has 1 aliphatic rings. The van der Waals surface area contributed by atoms with Crippen molar-refractivity contribution in [3.63, 3.8) is 0 Å². The van der Waals surface area contributed by atoms with E-state index in [1.165, 1.54) is 29.9 Å². The average Bonchev–Trinajstić information content (AvgIpc) is 3.12. The third-order valence-corrected chi connectivity index (χ3v) is 6.49. The molecule has 30 heavy (non-hydrogen) atoms. The molecule has 0 saturated heterocycles. The number of nitrogens with one attached hydrogen (secondary N) is 1. The van der Waals surface area contributed by atoms with Crippen molar-refractivity contribution in [2.75, 3.05) is 29.9 Å². The van der Waals surface area contributed by atoms with Gasteiger partial charge in [0, 0.05) is 5.69 Å². The number of amides is 1. The number of hydrogen-bond acceptors (Lipinski definition) is 7. The number of rotatable bonds is 4. The van der Waals surface area contributed by atoms with Gasteiger partial charge in [-0.05, 0) is 49.4 Å². The topological polar surface area (TPSA) is 111 Å². The predicted molar refractivity (Wildman–Crippen MR) is 109 cm³/mol. The number of nitrogens with zero attached hydrogens (tertiary/aromatic N) is 2. The maximum absolute atomic E-state index is 13.4. The van der Waals surface area contributed by atoms with Crippen LogP contribution in [0.1, 0.15) is 16.2 Å². The minimum Gasteiger partial charge on any atom is -0.497 e. The summed E-state index contributed by atoms with van der Waals surface area (Å²) in [6.45, 7) is 1.94. The van der Waals surface area contributed by atoms with Gasteiger partial charge in [0.2, 0.25) is 0 Å². The third kappa shape index (κ3) is 3.57. The van der Waals surface area contributed by atoms with Gasteiger partial charge in [0.05, 0.1) is 19.3 Å². The first-order valence-corrected chi connectivity index (χ1v) is 10.5. The van der Waals surface area contributed by atoms with Crippen molar-refractivity contribution in [1.82, 2.24) is 4.98 Å². The number of carbonyl (C=O) groups excluding carboxylic acids is 1. The zero-order valence-electron chi connectivity index (χ0n) is 16.3. The van der Waals surface area contributed by atoms with E-state index < -0.39 is 15.9 Å². The molecule has 0 saturated carbocycles. The summed E-state index contributed by atoms with van der Waals surface area (Å²) < 4.78 is 43.8. The van der Waals surface area contributed by atoms with E-state index in [2.05, 4.69) is 10.3 Å². The second-order valence-corrected chi connectivity index (χ2v) is 8.33. The highest BCUT2D eigenvalue weighted by Gasteiger charge is 2.31. The van der Waals surface area contributed by atoms with Crippen LogP contribution in [0.5, 0.6) is 11.5 Å². The Morgan fingerprint density at radius 2 is 1.97 bits per heavy atom. The first-order chi connectivity index (χ1) is 14.4. The van der Waals surface area contributed by atoms with Gasteiger partial charge in [-0.3, -0.25) is 9.10 Å². The molecule has 0 fully saturated rings. The molecule has 0 atom stereocenters. The molecule has 1 aliphatic heterocycles. The van der Waals surface area contributed by atoms with E-state index in [1.54, 1.807) is 37.3 Å². The molecule has 10 heteroatoms. The number of aromatic nitrogens is 1. The number of fused-ring (bicyclic) bond motifs is 1. The van der Waals surface area contributed by atoms with Crippen molar-refractivity contribution >= 4 is 27.3 Å². The van der Waals surface area contributed by atoms with E-state index in [-0.39, 0.29) is 29.5 Å². The Hall–Kier alpha value is -3.53. The van der Waals surface area contributed by atoms with Crippen molar-refractivity contribution in [3.05, 3.63) is 60.3 Å². The fourth-order valence-electron chi connectivity index (χ4n) is 3.11. The maximum Gasteiger partial charge on any atom is 0.277 e. The fourth-order valence-corrected chi connectivity index (χ4v) is 4.72. The molecule has 156 valence electrons. The highest BCUT2D eigenvalue weighted by molar-refractivity contribution is 7.93. The summed E-state index contributed by atoms with van der Waals surface area (Å²) in [5.41, 5.74) is 0.911. The number of anilines is 2. The van der Waals surface area contributed by atoms with Gasteiger partial charge in [-0.2, -0.15) is 0 Å². The first kappa shape index (κ1) is 19.8. The minimum absolute atomic E-state index is 0.0366. The molecule has 0 bridgehead atoms. The van der Waals surface area contributed by atoms with E-state index >= 15 is 0 Å². The Morgan fingerprint density at radius 1 is 1.20 bits per heavy atom. The van der Waals surface area contributed by atoms with Crippen molar-refractivity contribution < 1.29 is 27.1 Å². The summed E-state index contributed by atoms with van der Waals surface area (Å²) in [6.07, 6.45) is 1.17. The van der Waals surface area contributed by atoms with E-state index in [0.29, 0.717) is 22.9 Å². The summed E-state index contributed by atoms with van der Waals surface area (Å²) in [7, 11) is -2.39. The van der Waals surface area contributed by atoms with Crippen LogP contribution in [0, 0.1) is 6.92 Å². The lowest BCUT2D eigenvalue weighted by Crippen LogP contribution is -2.32. The standard InChI is InChI=1S/C20H19N3O6S/c1-13-19(21-12-29-13)20(24)22-14-3-8-17-18(11-14)30(25,26)23(9-10-28-17)15-4-6-16(27-2)7-5-15/h3-8,11-12H,9-10H2,1-2H3,(H,22,24). The summed E-state index contributed by atoms with van der Waals surface area (Å²) >= 11 is 0. The van der Waals surface area contributed by atoms with E-state index in [1.807, 2.05) is 0 Å². The molecule has 1 aromatic heterocycles. The van der Waals surface area contributed by atoms with Gasteiger partial charge in [-0.15, -0.1) is 0 Å². The second-order valence-electron chi connectivity index (χ2n) is 6.50. The number of ether oxygens (including phenoxy) is 2. The van der Waals surface area contributed by atoms with Crippen LogP contribution in [0.4, 0.5) is 11.4 Å². The van der Waals surface area contributed by atoms with Gasteiger partial charge in [0.1, 0.15) is 28.8 Å². The van der Waals surface area contributed by atoms with Crippen LogP contribution in [0.3, 0.4) is 0 Å². The first-order valence-electron chi connectivity index (χ1n) is 9.05. The quantitative estimate of drug-likeness (QED) is 0.679. The van der Waals surface area contributed by atoms with Crippen LogP contribution in [0.15, 0.2) is 58.2 Å². The molecule has 9 nitrogen and oxygen atoms in total. The highest BCUT2D eigenvalue weighted by atomic mass is 32.2. The Morgan fingerprint density at radius 3 is 2.63 bits per heavy atom.